The van der Waals surface area contributed by atoms with Crippen LogP contribution in [0.5, 0.6) is 5.75 Å². The average Bonchev–Trinajstić information content (AvgIpc) is 2.73. The Morgan fingerprint density at radius 3 is 2.44 bits per heavy atom. The maximum absolute atomic E-state index is 13.1. The zero-order valence-electron chi connectivity index (χ0n) is 14.4. The van der Waals surface area contributed by atoms with Crippen molar-refractivity contribution in [2.75, 3.05) is 10.8 Å². The number of nitrogens with zero attached hydrogens (tertiary/aromatic N) is 1. The van der Waals surface area contributed by atoms with Gasteiger partial charge in [-0.3, -0.25) is 4.31 Å². The van der Waals surface area contributed by atoms with Crippen LogP contribution in [0, 0.1) is 6.92 Å². The molecule has 0 spiro atoms. The summed E-state index contributed by atoms with van der Waals surface area (Å²) in [6.07, 6.45) is -5.38. The molecule has 0 fully saturated rings. The van der Waals surface area contributed by atoms with E-state index in [2.05, 4.69) is 4.74 Å². The third kappa shape index (κ3) is 4.19. The monoisotopic (exact) mass is 401 g/mol. The number of aliphatic hydroxyl groups excluding tert-OH is 1. The van der Waals surface area contributed by atoms with E-state index in [1.54, 1.807) is 12.1 Å². The Morgan fingerprint density at radius 2 is 1.81 bits per heavy atom. The van der Waals surface area contributed by atoms with Gasteiger partial charge in [-0.2, -0.15) is 0 Å². The molecule has 0 radical (unpaired) electrons. The Kier molecular flexibility index (Phi) is 5.09. The first kappa shape index (κ1) is 19.5. The van der Waals surface area contributed by atoms with Crippen molar-refractivity contribution in [3.8, 4) is 5.75 Å². The van der Waals surface area contributed by atoms with Gasteiger partial charge in [-0.05, 0) is 50.1 Å². The third-order valence-electron chi connectivity index (χ3n) is 4.31. The van der Waals surface area contributed by atoms with E-state index in [0.717, 1.165) is 22.0 Å². The Balaban J connectivity index is 2.06. The fraction of sp³-hybridized carbons (Fsp3) is 0.333. The summed E-state index contributed by atoms with van der Waals surface area (Å²) in [7, 11) is -3.93. The van der Waals surface area contributed by atoms with Gasteiger partial charge in [0.2, 0.25) is 0 Å². The first-order valence-electron chi connectivity index (χ1n) is 8.25. The van der Waals surface area contributed by atoms with E-state index in [1.165, 1.54) is 18.2 Å². The first-order chi connectivity index (χ1) is 12.6. The van der Waals surface area contributed by atoms with Crippen molar-refractivity contribution >= 4 is 15.7 Å². The molecule has 1 aliphatic heterocycles. The van der Waals surface area contributed by atoms with Crippen LogP contribution in [0.1, 0.15) is 30.1 Å². The molecule has 1 aliphatic rings. The predicted octanol–water partition coefficient (Wildman–Crippen LogP) is 3.92. The molecule has 0 unspecified atom stereocenters. The van der Waals surface area contributed by atoms with Gasteiger partial charge in [0.25, 0.3) is 10.0 Å². The van der Waals surface area contributed by atoms with Crippen LogP contribution in [0.2, 0.25) is 0 Å². The van der Waals surface area contributed by atoms with Crippen LogP contribution in [0.3, 0.4) is 0 Å². The summed E-state index contributed by atoms with van der Waals surface area (Å²) < 4.78 is 68.6. The normalized spacial score (nSPS) is 18.0. The summed E-state index contributed by atoms with van der Waals surface area (Å²) in [4.78, 5) is 0.0751. The van der Waals surface area contributed by atoms with E-state index in [1.807, 2.05) is 6.92 Å². The molecular weight excluding hydrogens is 383 g/mol. The summed E-state index contributed by atoms with van der Waals surface area (Å²) in [5.41, 5.74) is 1.13. The van der Waals surface area contributed by atoms with Crippen LogP contribution in [-0.2, 0) is 10.0 Å². The zero-order valence-corrected chi connectivity index (χ0v) is 15.2. The third-order valence-corrected chi connectivity index (χ3v) is 6.14. The molecular formula is C18H18F3NO4S. The van der Waals surface area contributed by atoms with Gasteiger partial charge in [-0.1, -0.05) is 17.7 Å². The molecule has 9 heteroatoms. The van der Waals surface area contributed by atoms with E-state index in [9.17, 15) is 26.7 Å². The first-order valence-corrected chi connectivity index (χ1v) is 9.69. The maximum atomic E-state index is 13.1. The lowest BCUT2D eigenvalue weighted by Gasteiger charge is -2.25. The van der Waals surface area contributed by atoms with Crippen LogP contribution >= 0.6 is 0 Å². The Bertz CT molecular complexity index is 927. The molecule has 3 rings (SSSR count). The minimum Gasteiger partial charge on any atom is -0.406 e. The largest absolute Gasteiger partial charge is 0.573 e. The number of aryl methyl sites for hydroxylation is 1. The lowest BCUT2D eigenvalue weighted by Crippen LogP contribution is -2.32. The van der Waals surface area contributed by atoms with Gasteiger partial charge < -0.3 is 9.84 Å². The quantitative estimate of drug-likeness (QED) is 0.847. The predicted molar refractivity (Wildman–Crippen MR) is 93.0 cm³/mol. The number of halogens is 3. The number of hydrogen-bond donors (Lipinski definition) is 1. The van der Waals surface area contributed by atoms with E-state index < -0.39 is 28.2 Å². The van der Waals surface area contributed by atoms with Gasteiger partial charge in [0.15, 0.2) is 0 Å². The highest BCUT2D eigenvalue weighted by Gasteiger charge is 2.34. The molecule has 0 saturated carbocycles. The van der Waals surface area contributed by atoms with Crippen molar-refractivity contribution in [2.24, 2.45) is 0 Å². The maximum Gasteiger partial charge on any atom is 0.573 e. The molecule has 1 atom stereocenters. The molecule has 2 aromatic rings. The molecule has 1 N–H and O–H groups in total. The molecule has 5 nitrogen and oxygen atoms in total. The summed E-state index contributed by atoms with van der Waals surface area (Å²) in [6.45, 7) is 1.94. The van der Waals surface area contributed by atoms with Gasteiger partial charge in [0.05, 0.1) is 16.7 Å². The second kappa shape index (κ2) is 7.05. The van der Waals surface area contributed by atoms with Crippen LogP contribution in [0.15, 0.2) is 47.4 Å². The van der Waals surface area contributed by atoms with Crippen molar-refractivity contribution in [1.29, 1.82) is 0 Å². The van der Waals surface area contributed by atoms with Gasteiger partial charge in [-0.25, -0.2) is 8.42 Å². The average molecular weight is 401 g/mol. The molecule has 0 aromatic heterocycles. The Hall–Kier alpha value is -2.26. The molecule has 0 aliphatic carbocycles. The van der Waals surface area contributed by atoms with Gasteiger partial charge in [0.1, 0.15) is 5.75 Å². The highest BCUT2D eigenvalue weighted by molar-refractivity contribution is 7.92. The molecule has 0 amide bonds. The number of alkyl halides is 3. The van der Waals surface area contributed by atoms with Crippen molar-refractivity contribution < 1.29 is 31.4 Å². The zero-order chi connectivity index (χ0) is 19.8. The number of fused-ring (bicyclic) bond motifs is 1. The number of hydrogen-bond acceptors (Lipinski definition) is 4. The fourth-order valence-electron chi connectivity index (χ4n) is 3.02. The smallest absolute Gasteiger partial charge is 0.406 e. The minimum atomic E-state index is -4.88. The standard InChI is InChI=1S/C18H18F3NO4S/c1-12-4-7-14(8-5-12)27(24,25)22-10-2-3-17(23)15-11-13(6-9-16(15)22)26-18(19,20)21/h4-9,11,17,23H,2-3,10H2,1H3/t17-/m0/s1. The van der Waals surface area contributed by atoms with E-state index in [0.29, 0.717) is 6.42 Å². The van der Waals surface area contributed by atoms with E-state index in [4.69, 9.17) is 0 Å². The summed E-state index contributed by atoms with van der Waals surface area (Å²) in [5, 5.41) is 10.3. The second-order valence-electron chi connectivity index (χ2n) is 6.32. The number of ether oxygens (including phenoxy) is 1. The van der Waals surface area contributed by atoms with Crippen molar-refractivity contribution in [1.82, 2.24) is 0 Å². The van der Waals surface area contributed by atoms with Crippen molar-refractivity contribution in [3.05, 3.63) is 53.6 Å². The van der Waals surface area contributed by atoms with Crippen LogP contribution in [-0.4, -0.2) is 26.4 Å². The van der Waals surface area contributed by atoms with Gasteiger partial charge in [0, 0.05) is 12.1 Å². The lowest BCUT2D eigenvalue weighted by molar-refractivity contribution is -0.274. The highest BCUT2D eigenvalue weighted by Crippen LogP contribution is 2.39. The van der Waals surface area contributed by atoms with Crippen molar-refractivity contribution in [2.45, 2.75) is 37.1 Å². The number of rotatable bonds is 3. The summed E-state index contributed by atoms with van der Waals surface area (Å²) >= 11 is 0. The fourth-order valence-corrected chi connectivity index (χ4v) is 4.54. The van der Waals surface area contributed by atoms with Gasteiger partial charge >= 0.3 is 6.36 Å². The number of benzene rings is 2. The molecule has 146 valence electrons. The van der Waals surface area contributed by atoms with E-state index in [-0.39, 0.29) is 29.1 Å². The molecule has 2 aromatic carbocycles. The lowest BCUT2D eigenvalue weighted by atomic mass is 10.0. The Morgan fingerprint density at radius 1 is 1.15 bits per heavy atom. The number of anilines is 1. The SMILES string of the molecule is Cc1ccc(S(=O)(=O)N2CCC[C@H](O)c3cc(OC(F)(F)F)ccc32)cc1. The molecule has 0 bridgehead atoms. The number of sulfonamides is 1. The van der Waals surface area contributed by atoms with Crippen LogP contribution < -0.4 is 9.04 Å². The Labute approximate surface area is 155 Å². The van der Waals surface area contributed by atoms with Gasteiger partial charge in [-0.15, -0.1) is 13.2 Å². The van der Waals surface area contributed by atoms with Crippen molar-refractivity contribution in [3.63, 3.8) is 0 Å². The van der Waals surface area contributed by atoms with E-state index >= 15 is 0 Å². The summed E-state index contributed by atoms with van der Waals surface area (Å²) in [5.74, 6) is -0.505. The topological polar surface area (TPSA) is 66.8 Å². The van der Waals surface area contributed by atoms with Crippen LogP contribution in [0.4, 0.5) is 18.9 Å². The summed E-state index contributed by atoms with van der Waals surface area (Å²) in [6, 6.07) is 9.61. The molecule has 0 saturated heterocycles. The number of aliphatic hydroxyl groups is 1. The minimum absolute atomic E-state index is 0.0751. The second-order valence-corrected chi connectivity index (χ2v) is 8.18. The van der Waals surface area contributed by atoms with Crippen LogP contribution in [0.25, 0.3) is 0 Å². The highest BCUT2D eigenvalue weighted by atomic mass is 32.2. The molecule has 1 heterocycles. The molecule has 27 heavy (non-hydrogen) atoms.